The van der Waals surface area contributed by atoms with Crippen molar-refractivity contribution >= 4 is 34.4 Å². The molecule has 0 radical (unpaired) electrons. The second kappa shape index (κ2) is 7.46. The topological polar surface area (TPSA) is 83.9 Å². The van der Waals surface area contributed by atoms with Crippen molar-refractivity contribution in [1.29, 1.82) is 0 Å². The molecule has 7 nitrogen and oxygen atoms in total. The van der Waals surface area contributed by atoms with Crippen LogP contribution in [0.1, 0.15) is 11.1 Å². The Kier molecular flexibility index (Phi) is 4.63. The van der Waals surface area contributed by atoms with Crippen molar-refractivity contribution in [1.82, 2.24) is 19.7 Å². The average molecular weight is 417 g/mol. The Hall–Kier alpha value is -3.39. The number of amides is 1. The number of hydrogen-bond donors (Lipinski definition) is 1. The van der Waals surface area contributed by atoms with Gasteiger partial charge in [0.05, 0.1) is 17.6 Å². The van der Waals surface area contributed by atoms with E-state index in [2.05, 4.69) is 21.1 Å². The summed E-state index contributed by atoms with van der Waals surface area (Å²) < 4.78 is 1.65. The number of nitrogens with zero attached hydrogens (tertiary/aromatic N) is 4. The first-order chi connectivity index (χ1) is 14.6. The van der Waals surface area contributed by atoms with E-state index in [1.54, 1.807) is 9.58 Å². The number of benzene rings is 2. The molecule has 30 heavy (non-hydrogen) atoms. The lowest BCUT2D eigenvalue weighted by Gasteiger charge is -2.16. The number of aromatic amines is 1. The second-order valence-electron chi connectivity index (χ2n) is 7.21. The lowest BCUT2D eigenvalue weighted by molar-refractivity contribution is -0.116. The summed E-state index contributed by atoms with van der Waals surface area (Å²) in [5.41, 5.74) is 4.33. The first-order valence-electron chi connectivity index (χ1n) is 9.66. The van der Waals surface area contributed by atoms with Gasteiger partial charge in [-0.2, -0.15) is 5.10 Å². The van der Waals surface area contributed by atoms with Crippen LogP contribution in [0.4, 0.5) is 5.69 Å². The number of carbonyl (C=O) groups is 1. The summed E-state index contributed by atoms with van der Waals surface area (Å²) in [5, 5.41) is 5.15. The van der Waals surface area contributed by atoms with Crippen molar-refractivity contribution in [2.24, 2.45) is 0 Å². The number of aryl methyl sites for hydroxylation is 1. The van der Waals surface area contributed by atoms with E-state index in [1.807, 2.05) is 49.4 Å². The van der Waals surface area contributed by atoms with Crippen molar-refractivity contribution in [3.05, 3.63) is 76.2 Å². The SMILES string of the molecule is Cc1ccc(-n2ncc3c(=O)[nH]c(SCC(=O)N4CCc5ccccc54)nc32)cc1. The summed E-state index contributed by atoms with van der Waals surface area (Å²) in [6, 6.07) is 15.8. The maximum Gasteiger partial charge on any atom is 0.262 e. The molecule has 0 spiro atoms. The number of nitrogens with one attached hydrogen (secondary N) is 1. The van der Waals surface area contributed by atoms with Crippen LogP contribution in [0.2, 0.25) is 0 Å². The minimum absolute atomic E-state index is 0.000242. The quantitative estimate of drug-likeness (QED) is 0.407. The van der Waals surface area contributed by atoms with Crippen molar-refractivity contribution in [3.8, 4) is 5.69 Å². The molecule has 1 aliphatic rings. The molecule has 0 atom stereocenters. The van der Waals surface area contributed by atoms with E-state index in [1.165, 1.54) is 23.5 Å². The second-order valence-corrected chi connectivity index (χ2v) is 8.18. The zero-order valence-corrected chi connectivity index (χ0v) is 17.1. The first-order valence-corrected chi connectivity index (χ1v) is 10.6. The minimum atomic E-state index is -0.264. The predicted octanol–water partition coefficient (Wildman–Crippen LogP) is 3.10. The number of thioether (sulfide) groups is 1. The Morgan fingerprint density at radius 1 is 1.17 bits per heavy atom. The predicted molar refractivity (Wildman–Crippen MR) is 117 cm³/mol. The maximum atomic E-state index is 12.8. The van der Waals surface area contributed by atoms with E-state index in [9.17, 15) is 9.59 Å². The van der Waals surface area contributed by atoms with E-state index in [4.69, 9.17) is 0 Å². The average Bonchev–Trinajstić information content (AvgIpc) is 3.37. The van der Waals surface area contributed by atoms with Crippen LogP contribution >= 0.6 is 11.8 Å². The van der Waals surface area contributed by atoms with E-state index < -0.39 is 0 Å². The van der Waals surface area contributed by atoms with Crippen LogP contribution in [0.25, 0.3) is 16.7 Å². The number of H-pyrrole nitrogens is 1. The van der Waals surface area contributed by atoms with Crippen molar-refractivity contribution in [3.63, 3.8) is 0 Å². The molecule has 0 bridgehead atoms. The molecule has 8 heteroatoms. The number of para-hydroxylation sites is 1. The fourth-order valence-corrected chi connectivity index (χ4v) is 4.38. The van der Waals surface area contributed by atoms with Crippen LogP contribution in [0, 0.1) is 6.92 Å². The molecule has 5 rings (SSSR count). The summed E-state index contributed by atoms with van der Waals surface area (Å²) >= 11 is 1.23. The highest BCUT2D eigenvalue weighted by molar-refractivity contribution is 7.99. The van der Waals surface area contributed by atoms with Crippen LogP contribution in [-0.2, 0) is 11.2 Å². The lowest BCUT2D eigenvalue weighted by atomic mass is 10.2. The Morgan fingerprint density at radius 2 is 1.97 bits per heavy atom. The van der Waals surface area contributed by atoms with Gasteiger partial charge in [0.25, 0.3) is 5.56 Å². The third-order valence-corrected chi connectivity index (χ3v) is 6.07. The number of aromatic nitrogens is 4. The fourth-order valence-electron chi connectivity index (χ4n) is 3.65. The molecule has 1 N–H and O–H groups in total. The van der Waals surface area contributed by atoms with Gasteiger partial charge in [-0.3, -0.25) is 9.59 Å². The Bertz CT molecular complexity index is 1310. The summed E-state index contributed by atoms with van der Waals surface area (Å²) in [6.07, 6.45) is 2.38. The van der Waals surface area contributed by atoms with Crippen molar-refractivity contribution < 1.29 is 4.79 Å². The molecule has 4 aromatic rings. The van der Waals surface area contributed by atoms with Gasteiger partial charge in [0.2, 0.25) is 5.91 Å². The van der Waals surface area contributed by atoms with Gasteiger partial charge < -0.3 is 9.88 Å². The molecular weight excluding hydrogens is 398 g/mol. The Morgan fingerprint density at radius 3 is 2.80 bits per heavy atom. The molecule has 3 heterocycles. The third-order valence-electron chi connectivity index (χ3n) is 5.22. The van der Waals surface area contributed by atoms with Gasteiger partial charge in [-0.05, 0) is 37.1 Å². The lowest BCUT2D eigenvalue weighted by Crippen LogP contribution is -2.30. The first kappa shape index (κ1) is 18.6. The summed E-state index contributed by atoms with van der Waals surface area (Å²) in [4.78, 5) is 34.4. The molecule has 2 aromatic heterocycles. The summed E-state index contributed by atoms with van der Waals surface area (Å²) in [5.74, 6) is 0.196. The Labute approximate surface area is 176 Å². The van der Waals surface area contributed by atoms with E-state index in [-0.39, 0.29) is 17.2 Å². The van der Waals surface area contributed by atoms with Crippen LogP contribution in [-0.4, -0.2) is 38.0 Å². The van der Waals surface area contributed by atoms with Crippen LogP contribution in [0.3, 0.4) is 0 Å². The minimum Gasteiger partial charge on any atom is -0.311 e. The van der Waals surface area contributed by atoms with Gasteiger partial charge in [-0.25, -0.2) is 9.67 Å². The number of rotatable bonds is 4. The zero-order chi connectivity index (χ0) is 20.7. The molecule has 0 unspecified atom stereocenters. The van der Waals surface area contributed by atoms with Gasteiger partial charge in [0.1, 0.15) is 5.39 Å². The highest BCUT2D eigenvalue weighted by Gasteiger charge is 2.24. The molecule has 0 saturated heterocycles. The molecular formula is C22H19N5O2S. The van der Waals surface area contributed by atoms with Gasteiger partial charge in [-0.15, -0.1) is 0 Å². The van der Waals surface area contributed by atoms with E-state index in [0.717, 1.165) is 23.4 Å². The van der Waals surface area contributed by atoms with E-state index in [0.29, 0.717) is 22.7 Å². The number of carbonyl (C=O) groups excluding carboxylic acids is 1. The molecule has 0 fully saturated rings. The molecule has 0 saturated carbocycles. The van der Waals surface area contributed by atoms with Gasteiger partial charge in [0.15, 0.2) is 10.8 Å². The van der Waals surface area contributed by atoms with Gasteiger partial charge in [-0.1, -0.05) is 47.7 Å². The standard InChI is InChI=1S/C22H19N5O2S/c1-14-6-8-16(9-7-14)27-20-17(12-23-27)21(29)25-22(24-20)30-13-19(28)26-11-10-15-4-2-3-5-18(15)26/h2-9,12H,10-11,13H2,1H3,(H,24,25,29). The number of hydrogen-bond acceptors (Lipinski definition) is 5. The van der Waals surface area contributed by atoms with Crippen molar-refractivity contribution in [2.45, 2.75) is 18.5 Å². The highest BCUT2D eigenvalue weighted by Crippen LogP contribution is 2.28. The molecule has 1 amide bonds. The zero-order valence-electron chi connectivity index (χ0n) is 16.3. The van der Waals surface area contributed by atoms with Crippen LogP contribution in [0.15, 0.2) is 64.7 Å². The maximum absolute atomic E-state index is 12.8. The van der Waals surface area contributed by atoms with Gasteiger partial charge >= 0.3 is 0 Å². The smallest absolute Gasteiger partial charge is 0.262 e. The monoisotopic (exact) mass is 417 g/mol. The number of anilines is 1. The summed E-state index contributed by atoms with van der Waals surface area (Å²) in [6.45, 7) is 2.69. The third kappa shape index (κ3) is 3.29. The van der Waals surface area contributed by atoms with Crippen molar-refractivity contribution in [2.75, 3.05) is 17.2 Å². The fraction of sp³-hybridized carbons (Fsp3) is 0.182. The molecule has 2 aromatic carbocycles. The number of fused-ring (bicyclic) bond motifs is 2. The van der Waals surface area contributed by atoms with Gasteiger partial charge in [0, 0.05) is 12.2 Å². The summed E-state index contributed by atoms with van der Waals surface area (Å²) in [7, 11) is 0. The molecule has 0 aliphatic carbocycles. The van der Waals surface area contributed by atoms with Crippen LogP contribution in [0.5, 0.6) is 0 Å². The van der Waals surface area contributed by atoms with Crippen LogP contribution < -0.4 is 10.5 Å². The largest absolute Gasteiger partial charge is 0.311 e. The highest BCUT2D eigenvalue weighted by atomic mass is 32.2. The van der Waals surface area contributed by atoms with E-state index >= 15 is 0 Å². The normalized spacial score (nSPS) is 13.0. The Balaban J connectivity index is 1.40. The molecule has 150 valence electrons. The molecule has 1 aliphatic heterocycles.